The fourth-order valence-corrected chi connectivity index (χ4v) is 0.994. The number of nitriles is 1. The minimum absolute atomic E-state index is 0.153. The zero-order chi connectivity index (χ0) is 10.6. The lowest BCUT2D eigenvalue weighted by atomic mass is 10.2. The number of carbonyl (C=O) groups excluding carboxylic acids is 1. The average Bonchev–Trinajstić information content (AvgIpc) is 2.16. The van der Waals surface area contributed by atoms with E-state index in [0.29, 0.717) is 5.56 Å². The summed E-state index contributed by atoms with van der Waals surface area (Å²) in [5.74, 6) is -0.785. The van der Waals surface area contributed by atoms with Gasteiger partial charge < -0.3 is 5.73 Å². The summed E-state index contributed by atoms with van der Waals surface area (Å²) in [6.45, 7) is 0. The molecule has 0 fully saturated rings. The molecule has 0 saturated carbocycles. The number of pyridine rings is 1. The molecule has 1 aromatic rings. The topological polar surface area (TPSA) is 79.8 Å². The van der Waals surface area contributed by atoms with E-state index in [1.54, 1.807) is 18.2 Å². The number of hydrogen-bond acceptors (Lipinski definition) is 3. The van der Waals surface area contributed by atoms with Gasteiger partial charge >= 0.3 is 0 Å². The van der Waals surface area contributed by atoms with Gasteiger partial charge in [-0.05, 0) is 12.1 Å². The van der Waals surface area contributed by atoms with Crippen LogP contribution in [-0.4, -0.2) is 10.9 Å². The molecule has 0 atom stereocenters. The second-order valence-electron chi connectivity index (χ2n) is 2.42. The van der Waals surface area contributed by atoms with Crippen LogP contribution in [0.2, 0.25) is 5.15 Å². The molecule has 0 bridgehead atoms. The van der Waals surface area contributed by atoms with Crippen LogP contribution in [0, 0.1) is 11.3 Å². The van der Waals surface area contributed by atoms with Crippen LogP contribution in [0.3, 0.4) is 0 Å². The van der Waals surface area contributed by atoms with Crippen molar-refractivity contribution >= 4 is 23.6 Å². The van der Waals surface area contributed by atoms with E-state index in [1.165, 1.54) is 12.3 Å². The fourth-order valence-electron chi connectivity index (χ4n) is 0.820. The standard InChI is InChI=1S/C9H6ClN3O/c10-8-6(2-1-3-13-8)4-7(5-11)9(12)14/h1-4H,(H2,12,14)/b7-4+. The predicted octanol–water partition coefficient (Wildman–Crippen LogP) is 1.13. The summed E-state index contributed by atoms with van der Waals surface area (Å²) in [5.41, 5.74) is 5.29. The Morgan fingerprint density at radius 1 is 1.71 bits per heavy atom. The first-order valence-corrected chi connectivity index (χ1v) is 4.05. The number of carbonyl (C=O) groups is 1. The van der Waals surface area contributed by atoms with Gasteiger partial charge in [0, 0.05) is 11.8 Å². The van der Waals surface area contributed by atoms with E-state index in [1.807, 2.05) is 0 Å². The van der Waals surface area contributed by atoms with Crippen LogP contribution in [0.15, 0.2) is 23.9 Å². The summed E-state index contributed by atoms with van der Waals surface area (Å²) in [5, 5.41) is 8.79. The third-order valence-corrected chi connectivity index (χ3v) is 1.79. The van der Waals surface area contributed by atoms with E-state index in [2.05, 4.69) is 4.98 Å². The van der Waals surface area contributed by atoms with E-state index in [9.17, 15) is 4.79 Å². The monoisotopic (exact) mass is 207 g/mol. The number of amides is 1. The molecule has 0 aromatic carbocycles. The highest BCUT2D eigenvalue weighted by atomic mass is 35.5. The fraction of sp³-hybridized carbons (Fsp3) is 0. The Balaban J connectivity index is 3.15. The molecule has 1 rings (SSSR count). The van der Waals surface area contributed by atoms with Gasteiger partial charge in [-0.15, -0.1) is 0 Å². The van der Waals surface area contributed by atoms with Crippen molar-refractivity contribution in [2.75, 3.05) is 0 Å². The van der Waals surface area contributed by atoms with Crippen molar-refractivity contribution in [3.63, 3.8) is 0 Å². The van der Waals surface area contributed by atoms with Crippen LogP contribution < -0.4 is 5.73 Å². The van der Waals surface area contributed by atoms with Crippen molar-refractivity contribution in [3.05, 3.63) is 34.6 Å². The van der Waals surface area contributed by atoms with Crippen molar-refractivity contribution in [2.45, 2.75) is 0 Å². The Kier molecular flexibility index (Phi) is 3.21. The van der Waals surface area contributed by atoms with E-state index in [-0.39, 0.29) is 10.7 Å². The first-order chi connectivity index (χ1) is 6.65. The molecule has 0 radical (unpaired) electrons. The first-order valence-electron chi connectivity index (χ1n) is 3.67. The van der Waals surface area contributed by atoms with Gasteiger partial charge in [0.05, 0.1) is 0 Å². The number of aromatic nitrogens is 1. The molecule has 1 heterocycles. The molecule has 1 aromatic heterocycles. The van der Waals surface area contributed by atoms with Crippen LogP contribution in [-0.2, 0) is 4.79 Å². The summed E-state index contributed by atoms with van der Waals surface area (Å²) in [4.78, 5) is 14.5. The first kappa shape index (κ1) is 10.2. The van der Waals surface area contributed by atoms with E-state index >= 15 is 0 Å². The number of nitrogens with zero attached hydrogens (tertiary/aromatic N) is 2. The summed E-state index contributed by atoms with van der Waals surface area (Å²) in [7, 11) is 0. The van der Waals surface area contributed by atoms with Crippen LogP contribution in [0.4, 0.5) is 0 Å². The van der Waals surface area contributed by atoms with Crippen molar-refractivity contribution in [1.82, 2.24) is 4.98 Å². The van der Waals surface area contributed by atoms with Gasteiger partial charge in [-0.1, -0.05) is 17.7 Å². The Labute approximate surface area is 85.6 Å². The minimum Gasteiger partial charge on any atom is -0.365 e. The lowest BCUT2D eigenvalue weighted by Gasteiger charge is -1.96. The highest BCUT2D eigenvalue weighted by Crippen LogP contribution is 2.14. The second-order valence-corrected chi connectivity index (χ2v) is 2.78. The van der Waals surface area contributed by atoms with Gasteiger partial charge in [-0.3, -0.25) is 4.79 Å². The molecule has 0 aliphatic heterocycles. The molecule has 0 aliphatic rings. The Bertz CT molecular complexity index is 434. The summed E-state index contributed by atoms with van der Waals surface area (Å²) >= 11 is 5.71. The van der Waals surface area contributed by atoms with Gasteiger partial charge in [0.2, 0.25) is 0 Å². The lowest BCUT2D eigenvalue weighted by molar-refractivity contribution is -0.114. The third kappa shape index (κ3) is 2.31. The number of halogens is 1. The Morgan fingerprint density at radius 2 is 2.43 bits per heavy atom. The van der Waals surface area contributed by atoms with Crippen molar-refractivity contribution in [2.24, 2.45) is 5.73 Å². The molecule has 2 N–H and O–H groups in total. The molecule has 14 heavy (non-hydrogen) atoms. The predicted molar refractivity (Wildman–Crippen MR) is 52.0 cm³/mol. The molecule has 70 valence electrons. The van der Waals surface area contributed by atoms with E-state index in [4.69, 9.17) is 22.6 Å². The highest BCUT2D eigenvalue weighted by molar-refractivity contribution is 6.31. The molecule has 0 aliphatic carbocycles. The number of nitrogens with two attached hydrogens (primary N) is 1. The average molecular weight is 208 g/mol. The third-order valence-electron chi connectivity index (χ3n) is 1.47. The van der Waals surface area contributed by atoms with Crippen LogP contribution >= 0.6 is 11.6 Å². The van der Waals surface area contributed by atoms with Gasteiger partial charge in [0.15, 0.2) is 0 Å². The Hall–Kier alpha value is -1.86. The van der Waals surface area contributed by atoms with Gasteiger partial charge in [0.25, 0.3) is 5.91 Å². The molecule has 0 unspecified atom stereocenters. The molecular formula is C9H6ClN3O. The van der Waals surface area contributed by atoms with E-state index < -0.39 is 5.91 Å². The lowest BCUT2D eigenvalue weighted by Crippen LogP contribution is -2.12. The van der Waals surface area contributed by atoms with Crippen LogP contribution in [0.25, 0.3) is 6.08 Å². The maximum absolute atomic E-state index is 10.7. The number of hydrogen-bond donors (Lipinski definition) is 1. The van der Waals surface area contributed by atoms with Crippen LogP contribution in [0.1, 0.15) is 5.56 Å². The Morgan fingerprint density at radius 3 is 2.93 bits per heavy atom. The maximum atomic E-state index is 10.7. The van der Waals surface area contributed by atoms with Gasteiger partial charge in [-0.2, -0.15) is 5.26 Å². The summed E-state index contributed by atoms with van der Waals surface area (Å²) in [6.07, 6.45) is 2.81. The molecule has 0 saturated heterocycles. The summed E-state index contributed by atoms with van der Waals surface area (Å²) in [6, 6.07) is 4.96. The largest absolute Gasteiger partial charge is 0.365 e. The second kappa shape index (κ2) is 4.40. The number of primary amides is 1. The van der Waals surface area contributed by atoms with Crippen LogP contribution in [0.5, 0.6) is 0 Å². The van der Waals surface area contributed by atoms with Crippen molar-refractivity contribution < 1.29 is 4.79 Å². The van der Waals surface area contributed by atoms with Crippen molar-refractivity contribution in [3.8, 4) is 6.07 Å². The maximum Gasteiger partial charge on any atom is 0.259 e. The zero-order valence-corrected chi connectivity index (χ0v) is 7.82. The summed E-state index contributed by atoms with van der Waals surface area (Å²) < 4.78 is 0. The minimum atomic E-state index is -0.785. The SMILES string of the molecule is N#C/C(=C\c1cccnc1Cl)C(N)=O. The smallest absolute Gasteiger partial charge is 0.259 e. The molecule has 5 heteroatoms. The van der Waals surface area contributed by atoms with Gasteiger partial charge in [-0.25, -0.2) is 4.98 Å². The molecule has 0 spiro atoms. The molecule has 4 nitrogen and oxygen atoms in total. The molecule has 1 amide bonds. The highest BCUT2D eigenvalue weighted by Gasteiger charge is 2.05. The van der Waals surface area contributed by atoms with Gasteiger partial charge in [0.1, 0.15) is 16.8 Å². The zero-order valence-electron chi connectivity index (χ0n) is 7.07. The van der Waals surface area contributed by atoms with Crippen molar-refractivity contribution in [1.29, 1.82) is 5.26 Å². The normalized spacial score (nSPS) is 10.7. The quantitative estimate of drug-likeness (QED) is 0.449. The number of rotatable bonds is 2. The van der Waals surface area contributed by atoms with E-state index in [0.717, 1.165) is 0 Å². The molecular weight excluding hydrogens is 202 g/mol.